The van der Waals surface area contributed by atoms with E-state index < -0.39 is 24.3 Å². The van der Waals surface area contributed by atoms with Crippen LogP contribution in [0.2, 0.25) is 0 Å². The molecule has 0 aliphatic heterocycles. The summed E-state index contributed by atoms with van der Waals surface area (Å²) >= 11 is 0. The van der Waals surface area contributed by atoms with Crippen molar-refractivity contribution in [2.24, 2.45) is 0 Å². The third kappa shape index (κ3) is 6.68. The van der Waals surface area contributed by atoms with Crippen molar-refractivity contribution in [3.8, 4) is 23.7 Å². The van der Waals surface area contributed by atoms with Crippen molar-refractivity contribution in [2.75, 3.05) is 0 Å². The second kappa shape index (κ2) is 9.64. The van der Waals surface area contributed by atoms with Gasteiger partial charge in [0.1, 0.15) is 0 Å². The SMILES string of the molecule is Cc1ccccc1[C@H](C#CC#CCCc1ccccc1)CC(=O)C(F)(F)F. The number of hydrogen-bond donors (Lipinski definition) is 0. The van der Waals surface area contributed by atoms with Crippen molar-refractivity contribution in [1.82, 2.24) is 0 Å². The minimum Gasteiger partial charge on any atom is -0.290 e. The average molecular weight is 368 g/mol. The van der Waals surface area contributed by atoms with Crippen molar-refractivity contribution in [3.63, 3.8) is 0 Å². The Kier molecular flexibility index (Phi) is 7.26. The first-order valence-electron chi connectivity index (χ1n) is 8.56. The van der Waals surface area contributed by atoms with E-state index in [1.54, 1.807) is 31.2 Å². The van der Waals surface area contributed by atoms with E-state index in [-0.39, 0.29) is 0 Å². The van der Waals surface area contributed by atoms with Gasteiger partial charge < -0.3 is 0 Å². The van der Waals surface area contributed by atoms with Gasteiger partial charge in [-0.05, 0) is 41.9 Å². The number of carbonyl (C=O) groups is 1. The third-order valence-electron chi connectivity index (χ3n) is 4.05. The zero-order chi connectivity index (χ0) is 19.7. The molecular formula is C23H19F3O. The molecule has 27 heavy (non-hydrogen) atoms. The van der Waals surface area contributed by atoms with E-state index in [2.05, 4.69) is 23.7 Å². The minimum atomic E-state index is -4.86. The van der Waals surface area contributed by atoms with Crippen LogP contribution in [0.5, 0.6) is 0 Å². The summed E-state index contributed by atoms with van der Waals surface area (Å²) in [7, 11) is 0. The lowest BCUT2D eigenvalue weighted by molar-refractivity contribution is -0.171. The molecule has 0 aliphatic rings. The second-order valence-electron chi connectivity index (χ2n) is 6.09. The fourth-order valence-corrected chi connectivity index (χ4v) is 2.60. The molecular weight excluding hydrogens is 349 g/mol. The van der Waals surface area contributed by atoms with Gasteiger partial charge in [-0.3, -0.25) is 4.79 Å². The number of hydrogen-bond acceptors (Lipinski definition) is 1. The summed E-state index contributed by atoms with van der Waals surface area (Å²) < 4.78 is 38.0. The second-order valence-corrected chi connectivity index (χ2v) is 6.09. The van der Waals surface area contributed by atoms with E-state index in [0.717, 1.165) is 17.5 Å². The smallest absolute Gasteiger partial charge is 0.290 e. The lowest BCUT2D eigenvalue weighted by atomic mass is 9.91. The van der Waals surface area contributed by atoms with Crippen molar-refractivity contribution in [1.29, 1.82) is 0 Å². The molecule has 0 heterocycles. The molecule has 0 bridgehead atoms. The first-order chi connectivity index (χ1) is 12.9. The van der Waals surface area contributed by atoms with Gasteiger partial charge in [0.25, 0.3) is 0 Å². The molecule has 0 aliphatic carbocycles. The van der Waals surface area contributed by atoms with Crippen LogP contribution in [0.25, 0.3) is 0 Å². The van der Waals surface area contributed by atoms with Gasteiger partial charge in [-0.15, -0.1) is 0 Å². The Morgan fingerprint density at radius 1 is 1.00 bits per heavy atom. The quantitative estimate of drug-likeness (QED) is 0.660. The highest BCUT2D eigenvalue weighted by molar-refractivity contribution is 5.85. The number of aryl methyl sites for hydroxylation is 2. The predicted molar refractivity (Wildman–Crippen MR) is 99.9 cm³/mol. The average Bonchev–Trinajstić information content (AvgIpc) is 2.64. The Morgan fingerprint density at radius 2 is 1.67 bits per heavy atom. The molecule has 2 rings (SSSR count). The van der Waals surface area contributed by atoms with E-state index in [0.29, 0.717) is 12.0 Å². The van der Waals surface area contributed by atoms with Crippen LogP contribution >= 0.6 is 0 Å². The Bertz CT molecular complexity index is 890. The van der Waals surface area contributed by atoms with Crippen molar-refractivity contribution < 1.29 is 18.0 Å². The number of benzene rings is 2. The van der Waals surface area contributed by atoms with Crippen LogP contribution in [0.4, 0.5) is 13.2 Å². The number of halogens is 3. The monoisotopic (exact) mass is 368 g/mol. The molecule has 0 N–H and O–H groups in total. The summed E-state index contributed by atoms with van der Waals surface area (Å²) in [5.74, 6) is 8.34. The van der Waals surface area contributed by atoms with Gasteiger partial charge in [0.2, 0.25) is 5.78 Å². The highest BCUT2D eigenvalue weighted by atomic mass is 19.4. The molecule has 0 fully saturated rings. The fourth-order valence-electron chi connectivity index (χ4n) is 2.60. The summed E-state index contributed by atoms with van der Waals surface area (Å²) in [6.07, 6.45) is -4.17. The summed E-state index contributed by atoms with van der Waals surface area (Å²) in [4.78, 5) is 11.4. The van der Waals surface area contributed by atoms with E-state index >= 15 is 0 Å². The van der Waals surface area contributed by atoms with Crippen molar-refractivity contribution in [3.05, 3.63) is 71.3 Å². The van der Waals surface area contributed by atoms with E-state index in [1.165, 1.54) is 0 Å². The van der Waals surface area contributed by atoms with Gasteiger partial charge in [0, 0.05) is 12.8 Å². The predicted octanol–water partition coefficient (Wildman–Crippen LogP) is 5.24. The van der Waals surface area contributed by atoms with Crippen LogP contribution in [-0.4, -0.2) is 12.0 Å². The number of Topliss-reactive ketones (excluding diaryl/α,β-unsaturated/α-hetero) is 1. The third-order valence-corrected chi connectivity index (χ3v) is 4.05. The Balaban J connectivity index is 2.09. The van der Waals surface area contributed by atoms with E-state index in [9.17, 15) is 18.0 Å². The van der Waals surface area contributed by atoms with Gasteiger partial charge in [0.05, 0.1) is 5.92 Å². The molecule has 138 valence electrons. The number of carbonyl (C=O) groups excluding carboxylic acids is 1. The molecule has 0 unspecified atom stereocenters. The Hall–Kier alpha value is -2.98. The van der Waals surface area contributed by atoms with Crippen LogP contribution < -0.4 is 0 Å². The number of rotatable bonds is 5. The Labute approximate surface area is 157 Å². The standard InChI is InChI=1S/C23H19F3O/c1-18-11-9-10-16-21(18)20(17-22(27)23(24,25)26)15-8-3-2-5-12-19-13-6-4-7-14-19/h4,6-7,9-11,13-14,16,20H,5,12,17H2,1H3/t20-/m1/s1. The molecule has 0 spiro atoms. The van der Waals surface area contributed by atoms with Gasteiger partial charge in [-0.1, -0.05) is 66.4 Å². The zero-order valence-electron chi connectivity index (χ0n) is 14.9. The normalized spacial score (nSPS) is 11.6. The van der Waals surface area contributed by atoms with E-state index in [1.807, 2.05) is 30.3 Å². The summed E-state index contributed by atoms with van der Waals surface area (Å²) in [5, 5.41) is 0. The molecule has 0 saturated heterocycles. The molecule has 0 amide bonds. The molecule has 0 radical (unpaired) electrons. The maximum Gasteiger partial charge on any atom is 0.450 e. The highest BCUT2D eigenvalue weighted by Gasteiger charge is 2.39. The van der Waals surface area contributed by atoms with Crippen molar-refractivity contribution in [2.45, 2.75) is 38.3 Å². The Morgan fingerprint density at radius 3 is 2.33 bits per heavy atom. The van der Waals surface area contributed by atoms with Crippen molar-refractivity contribution >= 4 is 5.78 Å². The summed E-state index contributed by atoms with van der Waals surface area (Å²) in [6, 6.07) is 16.8. The van der Waals surface area contributed by atoms with Gasteiger partial charge in [0.15, 0.2) is 0 Å². The molecule has 0 saturated carbocycles. The van der Waals surface area contributed by atoms with E-state index in [4.69, 9.17) is 0 Å². The lowest BCUT2D eigenvalue weighted by Gasteiger charge is -2.14. The first-order valence-corrected chi connectivity index (χ1v) is 8.56. The van der Waals surface area contributed by atoms with Crippen LogP contribution in [0, 0.1) is 30.6 Å². The first kappa shape index (κ1) is 20.3. The van der Waals surface area contributed by atoms with Crippen LogP contribution in [0.15, 0.2) is 54.6 Å². The number of ketones is 1. The van der Waals surface area contributed by atoms with Crippen LogP contribution in [0.3, 0.4) is 0 Å². The summed E-state index contributed by atoms with van der Waals surface area (Å²) in [6.45, 7) is 1.79. The number of alkyl halides is 3. The largest absolute Gasteiger partial charge is 0.450 e. The summed E-state index contributed by atoms with van der Waals surface area (Å²) in [5.41, 5.74) is 2.57. The minimum absolute atomic E-state index is 0.606. The zero-order valence-corrected chi connectivity index (χ0v) is 14.9. The van der Waals surface area contributed by atoms with Crippen LogP contribution in [-0.2, 0) is 11.2 Å². The lowest BCUT2D eigenvalue weighted by Crippen LogP contribution is -2.24. The molecule has 4 heteroatoms. The molecule has 0 aromatic heterocycles. The topological polar surface area (TPSA) is 17.1 Å². The maximum absolute atomic E-state index is 12.7. The highest BCUT2D eigenvalue weighted by Crippen LogP contribution is 2.27. The molecule has 1 nitrogen and oxygen atoms in total. The fraction of sp³-hybridized carbons (Fsp3) is 0.261. The van der Waals surface area contributed by atoms with Gasteiger partial charge >= 0.3 is 6.18 Å². The van der Waals surface area contributed by atoms with Gasteiger partial charge in [-0.2, -0.15) is 13.2 Å². The molecule has 2 aromatic carbocycles. The van der Waals surface area contributed by atoms with Crippen LogP contribution in [0.1, 0.15) is 35.4 Å². The molecule has 1 atom stereocenters. The van der Waals surface area contributed by atoms with Gasteiger partial charge in [-0.25, -0.2) is 0 Å². The molecule has 2 aromatic rings. The maximum atomic E-state index is 12.7.